The van der Waals surface area contributed by atoms with Gasteiger partial charge in [-0.3, -0.25) is 37.7 Å². The van der Waals surface area contributed by atoms with Crippen molar-refractivity contribution >= 4 is 74.3 Å². The van der Waals surface area contributed by atoms with Crippen LogP contribution in [0.3, 0.4) is 0 Å². The smallest absolute Gasteiger partial charge is 0.326 e. The number of rotatable bonds is 3. The van der Waals surface area contributed by atoms with Crippen LogP contribution in [0.25, 0.3) is 32.7 Å². The molecule has 284 valence electrons. The van der Waals surface area contributed by atoms with Crippen molar-refractivity contribution in [3.63, 3.8) is 0 Å². The fraction of sp³-hybridized carbons (Fsp3) is 0.310. The van der Waals surface area contributed by atoms with E-state index in [0.717, 1.165) is 21.7 Å². The fourth-order valence-corrected chi connectivity index (χ4v) is 5.40. The van der Waals surface area contributed by atoms with Crippen LogP contribution in [0, 0.1) is 16.2 Å². The number of fused-ring (bicyclic) bond motifs is 3. The largest absolute Gasteiger partial charge is 0.508 e. The minimum Gasteiger partial charge on any atom is -0.508 e. The van der Waals surface area contributed by atoms with E-state index in [0.29, 0.717) is 23.1 Å². The highest BCUT2D eigenvalue weighted by Gasteiger charge is 2.26. The number of aldehydes is 1. The molecule has 54 heavy (non-hydrogen) atoms. The van der Waals surface area contributed by atoms with E-state index in [4.69, 9.17) is 16.3 Å². The molecule has 0 atom stereocenters. The van der Waals surface area contributed by atoms with Crippen molar-refractivity contribution in [1.29, 1.82) is 0 Å². The Bertz CT molecular complexity index is 2380. The lowest BCUT2D eigenvalue weighted by Crippen LogP contribution is -2.25. The molecule has 0 fully saturated rings. The standard InChI is InChI=1S/C15H16ClNO3.C14H15NO3.C13H15NO2/c1-15(2,3)14(19)17-7-6-10-4-5-11(8-12(10)17)20-13(18)9-16;1-14(2,3)13(18)15-5-4-9-6-10(8-16)12(17)7-11(9)15;1-13(2,3)12(16)14-7-6-9-4-5-10(15)8-11(9)14/h4-8H,9H2,1-3H3;4-8,17H,1-3H3;4-8,15H,1-3H3. The quantitative estimate of drug-likeness (QED) is 0.0785. The SMILES string of the molecule is CC(C)(C)C(=O)n1ccc2cc(C=O)c(O)cc21.CC(C)(C)C(=O)n1ccc2ccc(O)cc21.CC(C)(C)C(=O)n1ccc2ccc(OC(=O)CCl)cc21. The van der Waals surface area contributed by atoms with Gasteiger partial charge in [0.1, 0.15) is 23.1 Å². The van der Waals surface area contributed by atoms with Gasteiger partial charge < -0.3 is 14.9 Å². The van der Waals surface area contributed by atoms with Gasteiger partial charge in [0, 0.05) is 69.2 Å². The Labute approximate surface area is 318 Å². The number of alkyl halides is 1. The number of nitrogens with zero attached hydrogens (tertiary/aromatic N) is 3. The molecule has 2 N–H and O–H groups in total. The highest BCUT2D eigenvalue weighted by Crippen LogP contribution is 2.29. The van der Waals surface area contributed by atoms with Gasteiger partial charge in [-0.2, -0.15) is 0 Å². The third kappa shape index (κ3) is 9.27. The van der Waals surface area contributed by atoms with Crippen molar-refractivity contribution in [2.24, 2.45) is 16.2 Å². The monoisotopic (exact) mass is 755 g/mol. The molecular formula is C42H46ClN3O8. The summed E-state index contributed by atoms with van der Waals surface area (Å²) in [7, 11) is 0. The number of carbonyl (C=O) groups is 5. The highest BCUT2D eigenvalue weighted by atomic mass is 35.5. The normalized spacial score (nSPS) is 11.7. The van der Waals surface area contributed by atoms with E-state index < -0.39 is 22.2 Å². The Balaban J connectivity index is 0.000000182. The fourth-order valence-electron chi connectivity index (χ4n) is 5.35. The van der Waals surface area contributed by atoms with Gasteiger partial charge in [0.25, 0.3) is 0 Å². The van der Waals surface area contributed by atoms with Crippen LogP contribution >= 0.6 is 11.6 Å². The molecule has 0 aliphatic rings. The van der Waals surface area contributed by atoms with Gasteiger partial charge in [-0.15, -0.1) is 11.6 Å². The second-order valence-electron chi connectivity index (χ2n) is 15.9. The molecule has 0 radical (unpaired) electrons. The maximum atomic E-state index is 12.4. The maximum absolute atomic E-state index is 12.4. The Morgan fingerprint density at radius 2 is 1.04 bits per heavy atom. The third-order valence-corrected chi connectivity index (χ3v) is 8.45. The van der Waals surface area contributed by atoms with Crippen molar-refractivity contribution in [3.05, 3.63) is 90.9 Å². The summed E-state index contributed by atoms with van der Waals surface area (Å²) in [5.41, 5.74) is 0.864. The molecule has 0 aliphatic heterocycles. The van der Waals surface area contributed by atoms with Gasteiger partial charge in [-0.1, -0.05) is 62.3 Å². The maximum Gasteiger partial charge on any atom is 0.326 e. The van der Waals surface area contributed by atoms with Crippen LogP contribution in [-0.4, -0.2) is 59.8 Å². The number of esters is 1. The predicted molar refractivity (Wildman–Crippen MR) is 211 cm³/mol. The number of carbonyl (C=O) groups excluding carboxylic acids is 5. The Morgan fingerprint density at radius 1 is 0.611 bits per heavy atom. The van der Waals surface area contributed by atoms with Crippen molar-refractivity contribution in [2.75, 3.05) is 5.88 Å². The molecule has 11 nitrogen and oxygen atoms in total. The topological polar surface area (TPSA) is 150 Å². The summed E-state index contributed by atoms with van der Waals surface area (Å²) < 4.78 is 9.74. The molecule has 0 unspecified atom stereocenters. The zero-order valence-electron chi connectivity index (χ0n) is 31.9. The predicted octanol–water partition coefficient (Wildman–Crippen LogP) is 9.35. The zero-order valence-corrected chi connectivity index (χ0v) is 32.7. The summed E-state index contributed by atoms with van der Waals surface area (Å²) in [4.78, 5) is 58.7. The summed E-state index contributed by atoms with van der Waals surface area (Å²) >= 11 is 5.41. The molecule has 0 saturated heterocycles. The van der Waals surface area contributed by atoms with Crippen molar-refractivity contribution < 1.29 is 38.9 Å². The van der Waals surface area contributed by atoms with Crippen LogP contribution < -0.4 is 4.74 Å². The molecule has 0 saturated carbocycles. The molecule has 6 rings (SSSR count). The van der Waals surface area contributed by atoms with Crippen LogP contribution in [0.5, 0.6) is 17.2 Å². The molecular weight excluding hydrogens is 710 g/mol. The van der Waals surface area contributed by atoms with E-state index >= 15 is 0 Å². The molecule has 12 heteroatoms. The van der Waals surface area contributed by atoms with Crippen LogP contribution in [0.4, 0.5) is 0 Å². The lowest BCUT2D eigenvalue weighted by molar-refractivity contribution is -0.131. The summed E-state index contributed by atoms with van der Waals surface area (Å²) in [6.45, 7) is 16.7. The number of ether oxygens (including phenoxy) is 1. The van der Waals surface area contributed by atoms with Crippen molar-refractivity contribution in [3.8, 4) is 17.2 Å². The van der Waals surface area contributed by atoms with Crippen LogP contribution in [0.2, 0.25) is 0 Å². The second kappa shape index (κ2) is 15.7. The van der Waals surface area contributed by atoms with Crippen LogP contribution in [0.15, 0.2) is 85.3 Å². The van der Waals surface area contributed by atoms with Gasteiger partial charge in [-0.25, -0.2) is 0 Å². The minimum atomic E-state index is -0.522. The Morgan fingerprint density at radius 3 is 1.48 bits per heavy atom. The number of aromatic hydroxyl groups is 2. The van der Waals surface area contributed by atoms with E-state index in [1.54, 1.807) is 76.3 Å². The lowest BCUT2D eigenvalue weighted by Gasteiger charge is -2.17. The first-order chi connectivity index (χ1) is 25.1. The number of hydrogen-bond donors (Lipinski definition) is 2. The lowest BCUT2D eigenvalue weighted by atomic mass is 9.95. The van der Waals surface area contributed by atoms with Gasteiger partial charge in [0.2, 0.25) is 17.7 Å². The summed E-state index contributed by atoms with van der Waals surface area (Å²) in [5.74, 6) is -0.346. The third-order valence-electron chi connectivity index (χ3n) is 8.23. The van der Waals surface area contributed by atoms with Gasteiger partial charge >= 0.3 is 5.97 Å². The average Bonchev–Trinajstić information content (AvgIpc) is 3.82. The summed E-state index contributed by atoms with van der Waals surface area (Å²) in [5, 5.41) is 21.7. The zero-order chi connectivity index (χ0) is 40.3. The number of phenolic OH excluding ortho intramolecular Hbond substituents is 2. The molecule has 0 bridgehead atoms. The first kappa shape index (κ1) is 41.1. The van der Waals surface area contributed by atoms with E-state index in [1.807, 2.05) is 74.4 Å². The first-order valence-corrected chi connectivity index (χ1v) is 17.7. The van der Waals surface area contributed by atoms with Crippen molar-refractivity contribution in [1.82, 2.24) is 13.7 Å². The Kier molecular flexibility index (Phi) is 12.0. The average molecular weight is 756 g/mol. The molecule has 3 aromatic heterocycles. The molecule has 6 aromatic rings. The number of aromatic nitrogens is 3. The molecule has 0 aliphatic carbocycles. The molecule has 3 heterocycles. The van der Waals surface area contributed by atoms with Crippen molar-refractivity contribution in [2.45, 2.75) is 62.3 Å². The number of phenols is 2. The van der Waals surface area contributed by atoms with Gasteiger partial charge in [0.05, 0.1) is 22.1 Å². The summed E-state index contributed by atoms with van der Waals surface area (Å²) in [6, 6.07) is 18.7. The molecule has 0 spiro atoms. The molecule has 3 aromatic carbocycles. The number of halogens is 1. The minimum absolute atomic E-state index is 0.0201. The van der Waals surface area contributed by atoms with E-state index in [1.165, 1.54) is 10.6 Å². The summed E-state index contributed by atoms with van der Waals surface area (Å²) in [6.07, 6.45) is 5.73. The van der Waals surface area contributed by atoms with E-state index in [9.17, 15) is 34.2 Å². The Hall–Kier alpha value is -5.68. The highest BCUT2D eigenvalue weighted by molar-refractivity contribution is 6.26. The van der Waals surface area contributed by atoms with Crippen LogP contribution in [0.1, 0.15) is 87.1 Å². The van der Waals surface area contributed by atoms with Crippen LogP contribution in [-0.2, 0) is 4.79 Å². The molecule has 0 amide bonds. The number of benzene rings is 3. The van der Waals surface area contributed by atoms with Gasteiger partial charge in [0.15, 0.2) is 6.29 Å². The number of hydrogen-bond acceptors (Lipinski definition) is 8. The van der Waals surface area contributed by atoms with E-state index in [-0.39, 0.29) is 40.7 Å². The van der Waals surface area contributed by atoms with Gasteiger partial charge in [-0.05, 0) is 48.5 Å². The second-order valence-corrected chi connectivity index (χ2v) is 16.1. The first-order valence-electron chi connectivity index (χ1n) is 17.2. The van der Waals surface area contributed by atoms with E-state index in [2.05, 4.69) is 0 Å².